The van der Waals surface area contributed by atoms with Crippen molar-refractivity contribution in [2.75, 3.05) is 18.9 Å². The Hall–Kier alpha value is -1.86. The van der Waals surface area contributed by atoms with Gasteiger partial charge in [-0.1, -0.05) is 0 Å². The summed E-state index contributed by atoms with van der Waals surface area (Å²) in [4.78, 5) is 10.8. The van der Waals surface area contributed by atoms with E-state index in [4.69, 9.17) is 0 Å². The standard InChI is InChI=1S/C9H7F5N2O/c1-15-3(17)2-16-9-7(13)5(11)4(10)6(12)8(9)14/h16H,2H2,1H3,(H,15,17). The van der Waals surface area contributed by atoms with Gasteiger partial charge in [-0.15, -0.1) is 0 Å². The molecule has 1 aromatic rings. The average Bonchev–Trinajstić information content (AvgIpc) is 2.33. The molecule has 2 N–H and O–H groups in total. The zero-order valence-electron chi connectivity index (χ0n) is 8.51. The van der Waals surface area contributed by atoms with Gasteiger partial charge in [-0.2, -0.15) is 0 Å². The number of nitrogens with one attached hydrogen (secondary N) is 2. The third-order valence-corrected chi connectivity index (χ3v) is 1.91. The predicted octanol–water partition coefficient (Wildman–Crippen LogP) is 1.54. The van der Waals surface area contributed by atoms with Crippen LogP contribution in [0.25, 0.3) is 0 Å². The van der Waals surface area contributed by atoms with Gasteiger partial charge < -0.3 is 10.6 Å². The van der Waals surface area contributed by atoms with E-state index in [9.17, 15) is 26.7 Å². The normalized spacial score (nSPS) is 10.2. The number of hydrogen-bond donors (Lipinski definition) is 2. The summed E-state index contributed by atoms with van der Waals surface area (Å²) in [5.41, 5.74) is -1.23. The second-order valence-electron chi connectivity index (χ2n) is 2.97. The first-order valence-corrected chi connectivity index (χ1v) is 4.36. The van der Waals surface area contributed by atoms with Crippen LogP contribution in [0.3, 0.4) is 0 Å². The quantitative estimate of drug-likeness (QED) is 0.488. The summed E-state index contributed by atoms with van der Waals surface area (Å²) >= 11 is 0. The summed E-state index contributed by atoms with van der Waals surface area (Å²) in [6.45, 7) is -0.616. The maximum Gasteiger partial charge on any atom is 0.239 e. The van der Waals surface area contributed by atoms with Crippen molar-refractivity contribution in [2.45, 2.75) is 0 Å². The van der Waals surface area contributed by atoms with Crippen LogP contribution in [0.1, 0.15) is 0 Å². The molecule has 0 fully saturated rings. The molecular weight excluding hydrogens is 247 g/mol. The summed E-state index contributed by atoms with van der Waals surface area (Å²) in [6.07, 6.45) is 0. The molecule has 1 aromatic carbocycles. The Morgan fingerprint density at radius 2 is 1.35 bits per heavy atom. The van der Waals surface area contributed by atoms with Gasteiger partial charge in [0.25, 0.3) is 0 Å². The first kappa shape index (κ1) is 13.2. The lowest BCUT2D eigenvalue weighted by atomic mass is 10.2. The number of amides is 1. The topological polar surface area (TPSA) is 41.1 Å². The third kappa shape index (κ3) is 2.45. The molecule has 3 nitrogen and oxygen atoms in total. The highest BCUT2D eigenvalue weighted by molar-refractivity contribution is 5.80. The van der Waals surface area contributed by atoms with Crippen molar-refractivity contribution in [1.29, 1.82) is 0 Å². The summed E-state index contributed by atoms with van der Waals surface area (Å²) in [5, 5.41) is 3.94. The predicted molar refractivity (Wildman–Crippen MR) is 48.8 cm³/mol. The van der Waals surface area contributed by atoms with Crippen molar-refractivity contribution >= 4 is 11.6 Å². The Balaban J connectivity index is 3.12. The van der Waals surface area contributed by atoms with E-state index in [0.29, 0.717) is 0 Å². The lowest BCUT2D eigenvalue weighted by Crippen LogP contribution is -2.27. The van der Waals surface area contributed by atoms with E-state index in [0.717, 1.165) is 0 Å². The van der Waals surface area contributed by atoms with E-state index in [1.54, 1.807) is 0 Å². The van der Waals surface area contributed by atoms with Crippen LogP contribution < -0.4 is 10.6 Å². The van der Waals surface area contributed by atoms with Crippen molar-refractivity contribution < 1.29 is 26.7 Å². The van der Waals surface area contributed by atoms with E-state index in [1.165, 1.54) is 7.05 Å². The van der Waals surface area contributed by atoms with Crippen molar-refractivity contribution in [3.63, 3.8) is 0 Å². The highest BCUT2D eigenvalue weighted by Gasteiger charge is 2.25. The Kier molecular flexibility index (Phi) is 3.87. The molecule has 0 saturated heterocycles. The molecule has 0 aliphatic carbocycles. The van der Waals surface area contributed by atoms with Gasteiger partial charge >= 0.3 is 0 Å². The SMILES string of the molecule is CNC(=O)CNc1c(F)c(F)c(F)c(F)c1F. The van der Waals surface area contributed by atoms with Crippen LogP contribution in [0.15, 0.2) is 0 Å². The molecule has 0 bridgehead atoms. The summed E-state index contributed by atoms with van der Waals surface area (Å²) in [7, 11) is 1.25. The molecule has 0 unspecified atom stereocenters. The van der Waals surface area contributed by atoms with Crippen LogP contribution in [-0.4, -0.2) is 19.5 Å². The monoisotopic (exact) mass is 254 g/mol. The van der Waals surface area contributed by atoms with Gasteiger partial charge in [0.15, 0.2) is 23.3 Å². The molecule has 0 radical (unpaired) electrons. The Morgan fingerprint density at radius 1 is 0.941 bits per heavy atom. The number of benzene rings is 1. The van der Waals surface area contributed by atoms with Gasteiger partial charge in [-0.05, 0) is 0 Å². The second kappa shape index (κ2) is 4.98. The number of carbonyl (C=O) groups is 1. The Labute approximate surface area is 92.6 Å². The highest BCUT2D eigenvalue weighted by atomic mass is 19.2. The van der Waals surface area contributed by atoms with Gasteiger partial charge in [0.1, 0.15) is 5.69 Å². The summed E-state index contributed by atoms with van der Waals surface area (Å²) in [5.74, 6) is -11.1. The van der Waals surface area contributed by atoms with Crippen LogP contribution in [0.4, 0.5) is 27.6 Å². The molecule has 0 aliphatic rings. The smallest absolute Gasteiger partial charge is 0.239 e. The van der Waals surface area contributed by atoms with Gasteiger partial charge in [0, 0.05) is 7.05 Å². The van der Waals surface area contributed by atoms with Crippen LogP contribution in [0, 0.1) is 29.1 Å². The number of hydrogen-bond acceptors (Lipinski definition) is 2. The number of carbonyl (C=O) groups excluding carboxylic acids is 1. The molecule has 1 rings (SSSR count). The third-order valence-electron chi connectivity index (χ3n) is 1.91. The maximum atomic E-state index is 13.0. The van der Waals surface area contributed by atoms with Gasteiger partial charge in [-0.3, -0.25) is 4.79 Å². The van der Waals surface area contributed by atoms with Gasteiger partial charge in [0.05, 0.1) is 6.54 Å². The fourth-order valence-corrected chi connectivity index (χ4v) is 1.02. The number of rotatable bonds is 3. The van der Waals surface area contributed by atoms with E-state index < -0.39 is 47.2 Å². The Morgan fingerprint density at radius 3 is 1.76 bits per heavy atom. The molecule has 0 aliphatic heterocycles. The highest BCUT2D eigenvalue weighted by Crippen LogP contribution is 2.26. The second-order valence-corrected chi connectivity index (χ2v) is 2.97. The lowest BCUT2D eigenvalue weighted by Gasteiger charge is -2.09. The molecule has 8 heteroatoms. The van der Waals surface area contributed by atoms with Crippen LogP contribution in [-0.2, 0) is 4.79 Å². The van der Waals surface area contributed by atoms with Crippen LogP contribution in [0.5, 0.6) is 0 Å². The molecule has 0 atom stereocenters. The van der Waals surface area contributed by atoms with Gasteiger partial charge in [0.2, 0.25) is 11.7 Å². The average molecular weight is 254 g/mol. The molecule has 0 saturated carbocycles. The molecule has 0 spiro atoms. The zero-order chi connectivity index (χ0) is 13.2. The van der Waals surface area contributed by atoms with E-state index in [1.807, 2.05) is 5.32 Å². The minimum Gasteiger partial charge on any atom is -0.371 e. The lowest BCUT2D eigenvalue weighted by molar-refractivity contribution is -0.118. The Bertz CT molecular complexity index is 434. The van der Waals surface area contributed by atoms with Crippen molar-refractivity contribution in [3.8, 4) is 0 Å². The summed E-state index contributed by atoms with van der Waals surface area (Å²) < 4.78 is 64.1. The molecule has 1 amide bonds. The molecule has 0 aromatic heterocycles. The molecule has 0 heterocycles. The fourth-order valence-electron chi connectivity index (χ4n) is 1.02. The number of likely N-dealkylation sites (N-methyl/N-ethyl adjacent to an activating group) is 1. The first-order chi connectivity index (χ1) is 7.90. The van der Waals surface area contributed by atoms with Crippen LogP contribution >= 0.6 is 0 Å². The minimum atomic E-state index is -2.24. The van der Waals surface area contributed by atoms with Crippen molar-refractivity contribution in [2.24, 2.45) is 0 Å². The van der Waals surface area contributed by atoms with Crippen LogP contribution in [0.2, 0.25) is 0 Å². The van der Waals surface area contributed by atoms with Crippen molar-refractivity contribution in [3.05, 3.63) is 29.1 Å². The van der Waals surface area contributed by atoms with Crippen molar-refractivity contribution in [1.82, 2.24) is 5.32 Å². The van der Waals surface area contributed by atoms with Gasteiger partial charge in [-0.25, -0.2) is 22.0 Å². The molecule has 94 valence electrons. The zero-order valence-corrected chi connectivity index (χ0v) is 8.51. The first-order valence-electron chi connectivity index (χ1n) is 4.36. The largest absolute Gasteiger partial charge is 0.371 e. The summed E-state index contributed by atoms with van der Waals surface area (Å²) in [6, 6.07) is 0. The van der Waals surface area contributed by atoms with E-state index in [-0.39, 0.29) is 0 Å². The maximum absolute atomic E-state index is 13.0. The molecule has 17 heavy (non-hydrogen) atoms. The fraction of sp³-hybridized carbons (Fsp3) is 0.222. The number of anilines is 1. The number of halogens is 5. The van der Waals surface area contributed by atoms with E-state index >= 15 is 0 Å². The molecular formula is C9H7F5N2O. The minimum absolute atomic E-state index is 0.616. The van der Waals surface area contributed by atoms with E-state index in [2.05, 4.69) is 5.32 Å².